The first-order valence-corrected chi connectivity index (χ1v) is 17.2. The number of carbonyl (C=O) groups is 1. The predicted octanol–water partition coefficient (Wildman–Crippen LogP) is 11.9. The predicted molar refractivity (Wildman–Crippen MR) is 211 cm³/mol. The van der Waals surface area contributed by atoms with Crippen molar-refractivity contribution in [1.29, 1.82) is 10.5 Å². The molecule has 6 heterocycles. The van der Waals surface area contributed by atoms with E-state index in [9.17, 15) is 4.79 Å². The summed E-state index contributed by atoms with van der Waals surface area (Å²) in [6.07, 6.45) is 4.70. The molecule has 0 aliphatic carbocycles. The van der Waals surface area contributed by atoms with Crippen LogP contribution in [-0.4, -0.2) is 43.0 Å². The van der Waals surface area contributed by atoms with E-state index in [1.165, 1.54) is 13.2 Å². The zero-order chi connectivity index (χ0) is 39.6. The van der Waals surface area contributed by atoms with Crippen LogP contribution in [0.25, 0.3) is 0 Å². The maximum Gasteiger partial charge on any atom is 0.356 e. The summed E-state index contributed by atoms with van der Waals surface area (Å²) in [5.41, 5.74) is 0.988. The molecule has 6 aromatic rings. The lowest BCUT2D eigenvalue weighted by Gasteiger charge is -1.96. The van der Waals surface area contributed by atoms with Crippen LogP contribution in [0.2, 0.25) is 46.1 Å². The van der Waals surface area contributed by atoms with Gasteiger partial charge in [-0.15, -0.1) is 0 Å². The van der Waals surface area contributed by atoms with Gasteiger partial charge in [0, 0.05) is 23.6 Å². The van der Waals surface area contributed by atoms with E-state index in [4.69, 9.17) is 115 Å². The Morgan fingerprint density at radius 2 is 1.11 bits per heavy atom. The Morgan fingerprint density at radius 1 is 0.566 bits per heavy atom. The number of nitriles is 2. The van der Waals surface area contributed by atoms with Gasteiger partial charge in [-0.2, -0.15) is 10.5 Å². The number of hydrogen-bond donors (Lipinski definition) is 0. The maximum atomic E-state index is 10.8. The van der Waals surface area contributed by atoms with Crippen molar-refractivity contribution in [3.63, 3.8) is 0 Å². The van der Waals surface area contributed by atoms with Gasteiger partial charge in [0.2, 0.25) is 0 Å². The van der Waals surface area contributed by atoms with Crippen molar-refractivity contribution in [2.75, 3.05) is 7.11 Å². The normalized spacial score (nSPS) is 8.98. The third kappa shape index (κ3) is 21.9. The van der Waals surface area contributed by atoms with E-state index in [1.807, 2.05) is 12.1 Å². The summed E-state index contributed by atoms with van der Waals surface area (Å²) in [6.45, 7) is 0. The van der Waals surface area contributed by atoms with Crippen molar-refractivity contribution in [2.45, 2.75) is 0 Å². The second kappa shape index (κ2) is 27.5. The van der Waals surface area contributed by atoms with Gasteiger partial charge in [-0.1, -0.05) is 123 Å². The van der Waals surface area contributed by atoms with Gasteiger partial charge in [-0.3, -0.25) is 0 Å². The second-order valence-corrected chi connectivity index (χ2v) is 12.1. The molecule has 0 fully saturated rings. The third-order valence-electron chi connectivity index (χ3n) is 4.90. The van der Waals surface area contributed by atoms with Crippen LogP contribution in [0.1, 0.15) is 21.7 Å². The van der Waals surface area contributed by atoms with E-state index in [2.05, 4.69) is 34.6 Å². The number of esters is 1. The van der Waals surface area contributed by atoms with Crippen LogP contribution in [0, 0.1) is 22.7 Å². The fourth-order valence-electron chi connectivity index (χ4n) is 2.70. The molecule has 6 aromatic heterocycles. The van der Waals surface area contributed by atoms with Crippen LogP contribution in [0.15, 0.2) is 110 Å². The van der Waals surface area contributed by atoms with Crippen LogP contribution >= 0.6 is 104 Å². The number of aromatic nitrogens is 6. The average molecular weight is 893 g/mol. The first-order valence-electron chi connectivity index (χ1n) is 13.8. The van der Waals surface area contributed by atoms with Crippen molar-refractivity contribution in [3.05, 3.63) is 173 Å². The number of carbonyl (C=O) groups excluding carboxylic acids is 1. The Balaban J connectivity index is 0.000000319. The molecule has 0 atom stereocenters. The van der Waals surface area contributed by atoms with Crippen LogP contribution in [0.4, 0.5) is 0 Å². The molecule has 0 amide bonds. The lowest BCUT2D eigenvalue weighted by atomic mass is 10.3. The summed E-state index contributed by atoms with van der Waals surface area (Å²) in [5, 5.41) is 20.3. The molecule has 0 N–H and O–H groups in total. The first-order chi connectivity index (χ1) is 25.3. The van der Waals surface area contributed by atoms with E-state index in [0.29, 0.717) is 47.1 Å². The van der Waals surface area contributed by atoms with Crippen molar-refractivity contribution < 1.29 is 9.53 Å². The van der Waals surface area contributed by atoms with Gasteiger partial charge in [0.25, 0.3) is 0 Å². The summed E-state index contributed by atoms with van der Waals surface area (Å²) in [5.74, 6) is -0.479. The summed E-state index contributed by atoms with van der Waals surface area (Å²) < 4.78 is 4.43. The first kappa shape index (κ1) is 47.0. The minimum atomic E-state index is -0.479. The Hall–Kier alpha value is -4.04. The zero-order valence-electron chi connectivity index (χ0n) is 26.7. The standard InChI is InChI=1S/C7H6ClNO2.2C6H3ClN2.3C5H3Cl2N/c1-11-7(10)5-3-2-4-6(8)9-5;7-6-5(4-8)2-1-3-9-6;7-6-3-1-2-5(4-8)9-6;6-4-1-2-8-5(7)3-4;6-4-2-1-3-8-5(4)7;6-4-2-1-3-5(7)8-4/h2-4H,1H3;2*1-3H;3*1-3H. The van der Waals surface area contributed by atoms with Gasteiger partial charge in [0.1, 0.15) is 59.6 Å². The van der Waals surface area contributed by atoms with Crippen LogP contribution < -0.4 is 0 Å². The van der Waals surface area contributed by atoms with E-state index >= 15 is 0 Å². The molecule has 10 nitrogen and oxygen atoms in total. The molecule has 272 valence electrons. The smallest absolute Gasteiger partial charge is 0.356 e. The minimum Gasteiger partial charge on any atom is -0.464 e. The highest BCUT2D eigenvalue weighted by Crippen LogP contribution is 2.16. The summed E-state index contributed by atoms with van der Waals surface area (Å²) in [7, 11) is 1.30. The monoisotopic (exact) mass is 888 g/mol. The van der Waals surface area contributed by atoms with Gasteiger partial charge >= 0.3 is 5.97 Å². The largest absolute Gasteiger partial charge is 0.464 e. The second-order valence-electron chi connectivity index (χ2n) is 8.60. The molecule has 19 heteroatoms. The van der Waals surface area contributed by atoms with Crippen molar-refractivity contribution in [2.24, 2.45) is 0 Å². The van der Waals surface area contributed by atoms with Crippen LogP contribution in [-0.2, 0) is 4.74 Å². The molecule has 0 aromatic carbocycles. The van der Waals surface area contributed by atoms with E-state index < -0.39 is 5.97 Å². The Labute approximate surface area is 349 Å². The minimum absolute atomic E-state index is 0.222. The lowest BCUT2D eigenvalue weighted by molar-refractivity contribution is 0.0594. The number of ether oxygens (including phenoxy) is 1. The molecule has 53 heavy (non-hydrogen) atoms. The molecular formula is C34H21Cl9N8O2. The van der Waals surface area contributed by atoms with E-state index in [1.54, 1.807) is 104 Å². The molecule has 0 spiro atoms. The van der Waals surface area contributed by atoms with Crippen molar-refractivity contribution in [1.82, 2.24) is 29.9 Å². The molecule has 0 saturated carbocycles. The average Bonchev–Trinajstić information content (AvgIpc) is 3.14. The molecule has 0 saturated heterocycles. The summed E-state index contributed by atoms with van der Waals surface area (Å²) >= 11 is 49.3. The number of rotatable bonds is 1. The summed E-state index contributed by atoms with van der Waals surface area (Å²) in [4.78, 5) is 33.1. The zero-order valence-corrected chi connectivity index (χ0v) is 33.5. The molecule has 0 aliphatic heterocycles. The highest BCUT2D eigenvalue weighted by atomic mass is 35.5. The van der Waals surface area contributed by atoms with Gasteiger partial charge in [0.05, 0.1) is 17.7 Å². The molecule has 6 rings (SSSR count). The fourth-order valence-corrected chi connectivity index (χ4v) is 4.19. The van der Waals surface area contributed by atoms with E-state index in [-0.39, 0.29) is 16.0 Å². The number of nitrogens with zero attached hydrogens (tertiary/aromatic N) is 8. The Bertz CT molecular complexity index is 2020. The topological polar surface area (TPSA) is 151 Å². The number of halogens is 9. The quantitative estimate of drug-likeness (QED) is 0.115. The molecule has 0 radical (unpaired) electrons. The highest BCUT2D eigenvalue weighted by Gasteiger charge is 2.05. The van der Waals surface area contributed by atoms with Crippen LogP contribution in [0.5, 0.6) is 0 Å². The van der Waals surface area contributed by atoms with Crippen molar-refractivity contribution in [3.8, 4) is 12.1 Å². The van der Waals surface area contributed by atoms with Gasteiger partial charge < -0.3 is 4.74 Å². The fraction of sp³-hybridized carbons (Fsp3) is 0.0294. The summed E-state index contributed by atoms with van der Waals surface area (Å²) in [6, 6.07) is 28.5. The molecule has 0 unspecified atom stereocenters. The van der Waals surface area contributed by atoms with Crippen LogP contribution in [0.3, 0.4) is 0 Å². The number of hydrogen-bond acceptors (Lipinski definition) is 10. The molecular weight excluding hydrogens is 872 g/mol. The SMILES string of the molecule is COC(=O)c1cccc(Cl)n1.Clc1cccc(Cl)n1.Clc1cccnc1Cl.Clc1ccnc(Cl)c1.N#Cc1cccc(Cl)n1.N#Cc1cccnc1Cl. The number of pyridine rings is 6. The highest BCUT2D eigenvalue weighted by molar-refractivity contribution is 6.41. The third-order valence-corrected chi connectivity index (χ3v) is 7.19. The Kier molecular flexibility index (Phi) is 24.4. The van der Waals surface area contributed by atoms with Gasteiger partial charge in [-0.05, 0) is 72.8 Å². The molecule has 0 bridgehead atoms. The molecule has 0 aliphatic rings. The Morgan fingerprint density at radius 3 is 1.47 bits per heavy atom. The number of methoxy groups -OCH3 is 1. The van der Waals surface area contributed by atoms with E-state index in [0.717, 1.165) is 0 Å². The van der Waals surface area contributed by atoms with Gasteiger partial charge in [0.15, 0.2) is 0 Å². The lowest BCUT2D eigenvalue weighted by Crippen LogP contribution is -2.03. The van der Waals surface area contributed by atoms with Crippen molar-refractivity contribution >= 4 is 110 Å². The van der Waals surface area contributed by atoms with Gasteiger partial charge in [-0.25, -0.2) is 34.7 Å². The maximum absolute atomic E-state index is 10.8.